The molecule has 0 spiro atoms. The molecule has 0 aromatic heterocycles. The Kier molecular flexibility index (Phi) is 5.72. The van der Waals surface area contributed by atoms with Crippen LogP contribution < -0.4 is 0 Å². The van der Waals surface area contributed by atoms with Crippen LogP contribution in [0.1, 0.15) is 28.8 Å². The van der Waals surface area contributed by atoms with E-state index in [1.54, 1.807) is 0 Å². The molecule has 2 aromatic carbocycles. The molecule has 146 valence electrons. The van der Waals surface area contributed by atoms with Crippen molar-refractivity contribution in [1.29, 1.82) is 0 Å². The number of hydrogen-bond acceptors (Lipinski definition) is 3. The van der Waals surface area contributed by atoms with Gasteiger partial charge >= 0.3 is 0 Å². The van der Waals surface area contributed by atoms with Crippen LogP contribution in [0.3, 0.4) is 0 Å². The summed E-state index contributed by atoms with van der Waals surface area (Å²) in [6, 6.07) is 19.6. The molecule has 2 heterocycles. The third-order valence-electron chi connectivity index (χ3n) is 5.76. The monoisotopic (exact) mass is 377 g/mol. The number of hydrogen-bond donors (Lipinski definition) is 0. The molecule has 4 rings (SSSR count). The Balaban J connectivity index is 1.35. The third kappa shape index (κ3) is 4.09. The topological polar surface area (TPSA) is 43.9 Å². The van der Waals surface area contributed by atoms with Gasteiger partial charge in [-0.05, 0) is 30.5 Å². The molecule has 0 radical (unpaired) electrons. The Hall–Kier alpha value is -2.66. The van der Waals surface area contributed by atoms with Gasteiger partial charge in [0.05, 0.1) is 6.04 Å². The Morgan fingerprint density at radius 2 is 1.57 bits per heavy atom. The second kappa shape index (κ2) is 8.57. The maximum Gasteiger partial charge on any atom is 0.253 e. The Bertz CT molecular complexity index is 809. The van der Waals surface area contributed by atoms with E-state index in [2.05, 4.69) is 17.0 Å². The first-order valence-electron chi connectivity index (χ1n) is 10.1. The quantitative estimate of drug-likeness (QED) is 0.823. The van der Waals surface area contributed by atoms with Gasteiger partial charge in [-0.15, -0.1) is 0 Å². The maximum absolute atomic E-state index is 13.0. The lowest BCUT2D eigenvalue weighted by Gasteiger charge is -2.26. The highest BCUT2D eigenvalue weighted by atomic mass is 16.2. The predicted molar refractivity (Wildman–Crippen MR) is 109 cm³/mol. The molecule has 1 atom stereocenters. The van der Waals surface area contributed by atoms with Gasteiger partial charge in [0.1, 0.15) is 0 Å². The molecular formula is C23H27N3O2. The van der Waals surface area contributed by atoms with Crippen molar-refractivity contribution in [3.63, 3.8) is 0 Å². The van der Waals surface area contributed by atoms with Gasteiger partial charge in [0, 0.05) is 44.8 Å². The second-order valence-electron chi connectivity index (χ2n) is 7.60. The van der Waals surface area contributed by atoms with Crippen LogP contribution in [0.4, 0.5) is 0 Å². The summed E-state index contributed by atoms with van der Waals surface area (Å²) in [5.41, 5.74) is 1.91. The van der Waals surface area contributed by atoms with Crippen molar-refractivity contribution < 1.29 is 9.59 Å². The summed E-state index contributed by atoms with van der Waals surface area (Å²) in [6.45, 7) is 4.54. The van der Waals surface area contributed by atoms with Gasteiger partial charge < -0.3 is 9.80 Å². The molecule has 5 nitrogen and oxygen atoms in total. The zero-order valence-corrected chi connectivity index (χ0v) is 16.2. The van der Waals surface area contributed by atoms with E-state index >= 15 is 0 Å². The van der Waals surface area contributed by atoms with Crippen LogP contribution in [0.2, 0.25) is 0 Å². The minimum absolute atomic E-state index is 0.0458. The van der Waals surface area contributed by atoms with Crippen LogP contribution in [0.25, 0.3) is 0 Å². The second-order valence-corrected chi connectivity index (χ2v) is 7.60. The fourth-order valence-corrected chi connectivity index (χ4v) is 4.24. The number of amides is 2. The summed E-state index contributed by atoms with van der Waals surface area (Å²) in [6.07, 6.45) is 1.78. The van der Waals surface area contributed by atoms with Crippen molar-refractivity contribution in [1.82, 2.24) is 14.7 Å². The molecule has 28 heavy (non-hydrogen) atoms. The summed E-state index contributed by atoms with van der Waals surface area (Å²) >= 11 is 0. The smallest absolute Gasteiger partial charge is 0.253 e. The van der Waals surface area contributed by atoms with Crippen molar-refractivity contribution >= 4 is 11.8 Å². The fraction of sp³-hybridized carbons (Fsp3) is 0.391. The number of likely N-dealkylation sites (tertiary alicyclic amines) is 1. The van der Waals surface area contributed by atoms with Crippen molar-refractivity contribution in [2.45, 2.75) is 25.4 Å². The minimum atomic E-state index is -0.0458. The Labute approximate surface area is 166 Å². The molecule has 2 aliphatic heterocycles. The molecule has 2 saturated heterocycles. The molecule has 0 saturated carbocycles. The largest absolute Gasteiger partial charge is 0.337 e. The van der Waals surface area contributed by atoms with E-state index in [4.69, 9.17) is 0 Å². The van der Waals surface area contributed by atoms with Gasteiger partial charge in [-0.1, -0.05) is 48.5 Å². The number of carbonyl (C=O) groups excluding carboxylic acids is 2. The average molecular weight is 377 g/mol. The van der Waals surface area contributed by atoms with E-state index in [-0.39, 0.29) is 17.9 Å². The summed E-state index contributed by atoms with van der Waals surface area (Å²) in [5.74, 6) is 0.317. The molecule has 2 amide bonds. The van der Waals surface area contributed by atoms with E-state index in [1.807, 2.05) is 58.3 Å². The van der Waals surface area contributed by atoms with E-state index in [1.165, 1.54) is 5.56 Å². The number of rotatable bonds is 4. The molecule has 0 bridgehead atoms. The highest BCUT2D eigenvalue weighted by Crippen LogP contribution is 2.21. The van der Waals surface area contributed by atoms with E-state index in [0.29, 0.717) is 13.1 Å². The normalized spacial score (nSPS) is 21.0. The maximum atomic E-state index is 13.0. The molecule has 2 aliphatic rings. The summed E-state index contributed by atoms with van der Waals surface area (Å²) in [7, 11) is 0. The van der Waals surface area contributed by atoms with Gasteiger partial charge in [0.25, 0.3) is 5.91 Å². The molecule has 0 aliphatic carbocycles. The third-order valence-corrected chi connectivity index (χ3v) is 5.76. The Morgan fingerprint density at radius 3 is 2.32 bits per heavy atom. The number of benzene rings is 2. The summed E-state index contributed by atoms with van der Waals surface area (Å²) < 4.78 is 0. The van der Waals surface area contributed by atoms with Crippen LogP contribution in [0.5, 0.6) is 0 Å². The van der Waals surface area contributed by atoms with Crippen molar-refractivity contribution in [2.24, 2.45) is 0 Å². The molecule has 2 fully saturated rings. The molecule has 2 aromatic rings. The zero-order valence-electron chi connectivity index (χ0n) is 16.2. The van der Waals surface area contributed by atoms with Crippen molar-refractivity contribution in [3.8, 4) is 0 Å². The molecular weight excluding hydrogens is 350 g/mol. The van der Waals surface area contributed by atoms with Gasteiger partial charge in [0.15, 0.2) is 0 Å². The first kappa shape index (κ1) is 18.7. The van der Waals surface area contributed by atoms with E-state index < -0.39 is 0 Å². The first-order valence-corrected chi connectivity index (χ1v) is 10.1. The van der Waals surface area contributed by atoms with E-state index in [0.717, 1.165) is 44.6 Å². The summed E-state index contributed by atoms with van der Waals surface area (Å²) in [5, 5.41) is 0. The number of carbonyl (C=O) groups is 2. The van der Waals surface area contributed by atoms with Gasteiger partial charge in [-0.2, -0.15) is 0 Å². The van der Waals surface area contributed by atoms with Crippen LogP contribution in [-0.4, -0.2) is 65.3 Å². The summed E-state index contributed by atoms with van der Waals surface area (Å²) in [4.78, 5) is 31.9. The molecule has 0 unspecified atom stereocenters. The average Bonchev–Trinajstić information content (AvgIpc) is 2.94. The van der Waals surface area contributed by atoms with Crippen LogP contribution in [0, 0.1) is 0 Å². The minimum Gasteiger partial charge on any atom is -0.337 e. The number of nitrogens with zero attached hydrogens (tertiary/aromatic N) is 3. The molecule has 5 heteroatoms. The lowest BCUT2D eigenvalue weighted by atomic mass is 10.2. The highest BCUT2D eigenvalue weighted by molar-refractivity contribution is 5.94. The van der Waals surface area contributed by atoms with Gasteiger partial charge in [-0.3, -0.25) is 14.5 Å². The van der Waals surface area contributed by atoms with Gasteiger partial charge in [-0.25, -0.2) is 0 Å². The SMILES string of the molecule is O=C(c1ccccc1)N1CCCN([C@@H]2CCN(Cc3ccccc3)C2=O)CC1. The van der Waals surface area contributed by atoms with Gasteiger partial charge in [0.2, 0.25) is 5.91 Å². The highest BCUT2D eigenvalue weighted by Gasteiger charge is 2.36. The zero-order chi connectivity index (χ0) is 19.3. The van der Waals surface area contributed by atoms with Crippen molar-refractivity contribution in [3.05, 3.63) is 71.8 Å². The lowest BCUT2D eigenvalue weighted by molar-refractivity contribution is -0.132. The fourth-order valence-electron chi connectivity index (χ4n) is 4.24. The van der Waals surface area contributed by atoms with Crippen LogP contribution in [0.15, 0.2) is 60.7 Å². The lowest BCUT2D eigenvalue weighted by Crippen LogP contribution is -2.44. The predicted octanol–water partition coefficient (Wildman–Crippen LogP) is 2.64. The van der Waals surface area contributed by atoms with Crippen LogP contribution in [-0.2, 0) is 11.3 Å². The standard InChI is InChI=1S/C23H27N3O2/c27-22(20-10-5-2-6-11-20)25-14-7-13-24(16-17-25)21-12-15-26(23(21)28)18-19-8-3-1-4-9-19/h1-6,8-11,21H,7,12-18H2/t21-/m1/s1. The Morgan fingerprint density at radius 1 is 0.857 bits per heavy atom. The first-order chi connectivity index (χ1) is 13.7. The molecule has 0 N–H and O–H groups in total. The van der Waals surface area contributed by atoms with E-state index in [9.17, 15) is 9.59 Å². The van der Waals surface area contributed by atoms with Crippen LogP contribution >= 0.6 is 0 Å². The van der Waals surface area contributed by atoms with Crippen molar-refractivity contribution in [2.75, 3.05) is 32.7 Å².